The van der Waals surface area contributed by atoms with Crippen LogP contribution in [0.1, 0.15) is 57.8 Å². The summed E-state index contributed by atoms with van der Waals surface area (Å²) in [6.07, 6.45) is 13.3. The van der Waals surface area contributed by atoms with E-state index >= 15 is 0 Å². The number of rotatable bonds is 9. The van der Waals surface area contributed by atoms with Crippen molar-refractivity contribution in [3.63, 3.8) is 0 Å². The van der Waals surface area contributed by atoms with Gasteiger partial charge in [0.05, 0.1) is 13.2 Å². The average Bonchev–Trinajstić information content (AvgIpc) is 3.00. The number of hydrogen-bond donors (Lipinski definition) is 0. The van der Waals surface area contributed by atoms with Gasteiger partial charge in [-0.3, -0.25) is 4.79 Å². The number of carbonyl (C=O) groups excluding carboxylic acids is 2. The van der Waals surface area contributed by atoms with E-state index in [4.69, 9.17) is 9.47 Å². The third-order valence-corrected chi connectivity index (χ3v) is 5.01. The number of carbonyl (C=O) groups is 2. The summed E-state index contributed by atoms with van der Waals surface area (Å²) >= 11 is 0. The molecule has 5 nitrogen and oxygen atoms in total. The van der Waals surface area contributed by atoms with Gasteiger partial charge in [0.1, 0.15) is 6.29 Å². The fraction of sp³-hybridized carbons (Fsp3) is 0.789. The zero-order chi connectivity index (χ0) is 17.2. The Labute approximate surface area is 144 Å². The molecule has 0 amide bonds. The number of unbranched alkanes of at least 4 members (excludes halogenated alkanes) is 1. The summed E-state index contributed by atoms with van der Waals surface area (Å²) in [5, 5.41) is 0. The van der Waals surface area contributed by atoms with Gasteiger partial charge in [0.2, 0.25) is 0 Å². The van der Waals surface area contributed by atoms with Gasteiger partial charge >= 0.3 is 5.97 Å². The van der Waals surface area contributed by atoms with E-state index in [1.54, 1.807) is 0 Å². The summed E-state index contributed by atoms with van der Waals surface area (Å²) in [5.74, 6) is 0.157. The minimum atomic E-state index is -0.166. The van der Waals surface area contributed by atoms with Crippen LogP contribution in [-0.4, -0.2) is 38.4 Å². The maximum Gasteiger partial charge on any atom is 0.305 e. The standard InChI is InChI=1S/C19H30O5/c1-22-18(21)9-5-3-2-4-8-16-15(14-20)11-12-17(16)24-19-10-6-7-13-23-19/h2,4,14-17,19H,3,5-13H2,1H3. The fourth-order valence-corrected chi connectivity index (χ4v) is 3.58. The van der Waals surface area contributed by atoms with Gasteiger partial charge < -0.3 is 19.0 Å². The number of methoxy groups -OCH3 is 1. The Balaban J connectivity index is 1.75. The van der Waals surface area contributed by atoms with Gasteiger partial charge in [0, 0.05) is 18.9 Å². The molecule has 1 aliphatic heterocycles. The molecule has 4 unspecified atom stereocenters. The molecule has 1 saturated carbocycles. The Morgan fingerprint density at radius 3 is 2.79 bits per heavy atom. The summed E-state index contributed by atoms with van der Waals surface area (Å²) in [6.45, 7) is 0.777. The zero-order valence-electron chi connectivity index (χ0n) is 14.7. The minimum Gasteiger partial charge on any atom is -0.469 e. The number of esters is 1. The highest BCUT2D eigenvalue weighted by Crippen LogP contribution is 2.37. The molecule has 0 aromatic heterocycles. The molecular weight excluding hydrogens is 308 g/mol. The second-order valence-electron chi connectivity index (χ2n) is 6.69. The summed E-state index contributed by atoms with van der Waals surface area (Å²) in [7, 11) is 1.41. The summed E-state index contributed by atoms with van der Waals surface area (Å²) in [6, 6.07) is 0. The number of allylic oxidation sites excluding steroid dienone is 2. The highest BCUT2D eigenvalue weighted by molar-refractivity contribution is 5.69. The van der Waals surface area contributed by atoms with Crippen molar-refractivity contribution in [3.05, 3.63) is 12.2 Å². The monoisotopic (exact) mass is 338 g/mol. The lowest BCUT2D eigenvalue weighted by atomic mass is 9.92. The van der Waals surface area contributed by atoms with Crippen LogP contribution >= 0.6 is 0 Å². The molecule has 2 aliphatic rings. The van der Waals surface area contributed by atoms with Crippen molar-refractivity contribution in [2.75, 3.05) is 13.7 Å². The molecule has 0 aromatic rings. The molecule has 0 aromatic carbocycles. The third kappa shape index (κ3) is 6.02. The molecule has 2 fully saturated rings. The summed E-state index contributed by atoms with van der Waals surface area (Å²) in [5.41, 5.74) is 0. The lowest BCUT2D eigenvalue weighted by molar-refractivity contribution is -0.195. The Bertz CT molecular complexity index is 414. The molecule has 4 atom stereocenters. The van der Waals surface area contributed by atoms with Crippen molar-refractivity contribution < 1.29 is 23.8 Å². The van der Waals surface area contributed by atoms with Crippen LogP contribution < -0.4 is 0 Å². The summed E-state index contributed by atoms with van der Waals surface area (Å²) in [4.78, 5) is 22.4. The average molecular weight is 338 g/mol. The zero-order valence-corrected chi connectivity index (χ0v) is 14.7. The van der Waals surface area contributed by atoms with Crippen molar-refractivity contribution in [3.8, 4) is 0 Å². The second kappa shape index (κ2) is 10.6. The van der Waals surface area contributed by atoms with Crippen molar-refractivity contribution in [2.45, 2.75) is 70.2 Å². The smallest absolute Gasteiger partial charge is 0.305 e. The topological polar surface area (TPSA) is 61.8 Å². The van der Waals surface area contributed by atoms with Crippen molar-refractivity contribution >= 4 is 12.3 Å². The van der Waals surface area contributed by atoms with Gasteiger partial charge in [-0.2, -0.15) is 0 Å². The highest BCUT2D eigenvalue weighted by Gasteiger charge is 2.37. The van der Waals surface area contributed by atoms with Crippen LogP contribution in [-0.2, 0) is 23.8 Å². The molecule has 5 heteroatoms. The second-order valence-corrected chi connectivity index (χ2v) is 6.69. The number of ether oxygens (including phenoxy) is 3. The molecular formula is C19H30O5. The molecule has 1 aliphatic carbocycles. The van der Waals surface area contributed by atoms with E-state index in [-0.39, 0.29) is 30.2 Å². The van der Waals surface area contributed by atoms with Crippen LogP contribution in [0.5, 0.6) is 0 Å². The van der Waals surface area contributed by atoms with E-state index in [0.29, 0.717) is 6.42 Å². The van der Waals surface area contributed by atoms with Gasteiger partial charge in [0.15, 0.2) is 6.29 Å². The minimum absolute atomic E-state index is 0.0818. The first kappa shape index (κ1) is 19.1. The first-order valence-electron chi connectivity index (χ1n) is 9.18. The Hall–Kier alpha value is -1.20. The van der Waals surface area contributed by atoms with Gasteiger partial charge in [-0.15, -0.1) is 0 Å². The molecule has 0 radical (unpaired) electrons. The maximum atomic E-state index is 11.3. The lowest BCUT2D eigenvalue weighted by Crippen LogP contribution is -2.31. The lowest BCUT2D eigenvalue weighted by Gasteiger charge is -2.29. The normalized spacial score (nSPS) is 30.5. The van der Waals surface area contributed by atoms with Crippen LogP contribution in [0.4, 0.5) is 0 Å². The van der Waals surface area contributed by atoms with E-state index < -0.39 is 0 Å². The highest BCUT2D eigenvalue weighted by atomic mass is 16.7. The Morgan fingerprint density at radius 2 is 2.08 bits per heavy atom. The van der Waals surface area contributed by atoms with Crippen LogP contribution in [0, 0.1) is 11.8 Å². The van der Waals surface area contributed by atoms with Crippen LogP contribution in [0.3, 0.4) is 0 Å². The largest absolute Gasteiger partial charge is 0.469 e. The number of aldehydes is 1. The van der Waals surface area contributed by atoms with Gasteiger partial charge in [0.25, 0.3) is 0 Å². The van der Waals surface area contributed by atoms with Crippen LogP contribution in [0.2, 0.25) is 0 Å². The van der Waals surface area contributed by atoms with Gasteiger partial charge in [-0.05, 0) is 57.3 Å². The van der Waals surface area contributed by atoms with E-state index in [9.17, 15) is 9.59 Å². The fourth-order valence-electron chi connectivity index (χ4n) is 3.58. The van der Waals surface area contributed by atoms with E-state index in [2.05, 4.69) is 16.9 Å². The predicted octanol–water partition coefficient (Wildman–Crippen LogP) is 3.41. The van der Waals surface area contributed by atoms with Crippen molar-refractivity contribution in [2.24, 2.45) is 11.8 Å². The molecule has 2 rings (SSSR count). The molecule has 0 bridgehead atoms. The van der Waals surface area contributed by atoms with Gasteiger partial charge in [-0.25, -0.2) is 0 Å². The molecule has 0 spiro atoms. The van der Waals surface area contributed by atoms with Gasteiger partial charge in [-0.1, -0.05) is 12.2 Å². The third-order valence-electron chi connectivity index (χ3n) is 5.01. The van der Waals surface area contributed by atoms with E-state index in [0.717, 1.165) is 64.3 Å². The first-order chi connectivity index (χ1) is 11.7. The SMILES string of the molecule is COC(=O)CCCC=CCC1C(C=O)CCC1OC1CCCCO1. The Kier molecular flexibility index (Phi) is 8.47. The molecule has 0 N–H and O–H groups in total. The maximum absolute atomic E-state index is 11.3. The molecule has 24 heavy (non-hydrogen) atoms. The molecule has 1 saturated heterocycles. The molecule has 1 heterocycles. The van der Waals surface area contributed by atoms with E-state index in [1.807, 2.05) is 0 Å². The van der Waals surface area contributed by atoms with Crippen molar-refractivity contribution in [1.29, 1.82) is 0 Å². The van der Waals surface area contributed by atoms with E-state index in [1.165, 1.54) is 7.11 Å². The first-order valence-corrected chi connectivity index (χ1v) is 9.18. The quantitative estimate of drug-likeness (QED) is 0.279. The number of hydrogen-bond acceptors (Lipinski definition) is 5. The Morgan fingerprint density at radius 1 is 1.21 bits per heavy atom. The van der Waals surface area contributed by atoms with Crippen LogP contribution in [0.25, 0.3) is 0 Å². The predicted molar refractivity (Wildman–Crippen MR) is 90.4 cm³/mol. The van der Waals surface area contributed by atoms with Crippen LogP contribution in [0.15, 0.2) is 12.2 Å². The summed E-state index contributed by atoms with van der Waals surface area (Å²) < 4.78 is 16.4. The van der Waals surface area contributed by atoms with Crippen molar-refractivity contribution in [1.82, 2.24) is 0 Å². The molecule has 136 valence electrons.